The molecule has 1 fully saturated rings. The topological polar surface area (TPSA) is 12.0 Å². The molecule has 1 saturated carbocycles. The molecular formula is C14H22BrNS. The van der Waals surface area contributed by atoms with E-state index in [0.29, 0.717) is 6.04 Å². The van der Waals surface area contributed by atoms with Crippen molar-refractivity contribution in [3.8, 4) is 0 Å². The minimum absolute atomic E-state index is 0.491. The molecule has 2 rings (SSSR count). The summed E-state index contributed by atoms with van der Waals surface area (Å²) in [6.45, 7) is 5.84. The largest absolute Gasteiger partial charge is 0.309 e. The van der Waals surface area contributed by atoms with Crippen LogP contribution in [0.1, 0.15) is 50.4 Å². The Morgan fingerprint density at radius 2 is 2.12 bits per heavy atom. The lowest BCUT2D eigenvalue weighted by atomic mass is 9.83. The quantitative estimate of drug-likeness (QED) is 0.825. The molecule has 0 aromatic carbocycles. The first-order valence-corrected chi connectivity index (χ1v) is 8.29. The molecule has 0 amide bonds. The smallest absolute Gasteiger partial charge is 0.0386 e. The zero-order valence-electron chi connectivity index (χ0n) is 10.7. The van der Waals surface area contributed by atoms with Crippen molar-refractivity contribution >= 4 is 27.3 Å². The lowest BCUT2D eigenvalue weighted by molar-refractivity contribution is 0.276. The fraction of sp³-hybridized carbons (Fsp3) is 0.714. The first-order valence-electron chi connectivity index (χ1n) is 6.62. The second-order valence-electron chi connectivity index (χ2n) is 5.42. The highest BCUT2D eigenvalue weighted by atomic mass is 79.9. The first kappa shape index (κ1) is 13.6. The molecule has 0 spiro atoms. The number of rotatable bonds is 4. The lowest BCUT2D eigenvalue weighted by Crippen LogP contribution is -2.27. The Hall–Kier alpha value is 0.140. The van der Waals surface area contributed by atoms with Gasteiger partial charge in [-0.1, -0.05) is 19.8 Å². The van der Waals surface area contributed by atoms with Crippen LogP contribution in [0.5, 0.6) is 0 Å². The Balaban J connectivity index is 1.74. The molecule has 0 saturated heterocycles. The second kappa shape index (κ2) is 6.35. The zero-order valence-corrected chi connectivity index (χ0v) is 13.1. The highest BCUT2D eigenvalue weighted by molar-refractivity contribution is 9.10. The highest BCUT2D eigenvalue weighted by Crippen LogP contribution is 2.29. The van der Waals surface area contributed by atoms with Crippen LogP contribution >= 0.6 is 27.3 Å². The van der Waals surface area contributed by atoms with Crippen molar-refractivity contribution in [1.29, 1.82) is 0 Å². The van der Waals surface area contributed by atoms with Crippen LogP contribution in [-0.2, 0) is 0 Å². The molecule has 1 aliphatic rings. The fourth-order valence-electron chi connectivity index (χ4n) is 2.53. The van der Waals surface area contributed by atoms with Crippen molar-refractivity contribution in [2.75, 3.05) is 6.54 Å². The third kappa shape index (κ3) is 4.08. The predicted octanol–water partition coefficient (Wildman–Crippen LogP) is 4.99. The van der Waals surface area contributed by atoms with Crippen molar-refractivity contribution in [2.45, 2.75) is 45.6 Å². The summed E-state index contributed by atoms with van der Waals surface area (Å²) >= 11 is 5.35. The van der Waals surface area contributed by atoms with E-state index in [1.807, 2.05) is 11.3 Å². The molecule has 0 aliphatic heterocycles. The Kier molecular flexibility index (Phi) is 5.07. The molecule has 96 valence electrons. The van der Waals surface area contributed by atoms with Crippen LogP contribution < -0.4 is 5.32 Å². The third-order valence-corrected chi connectivity index (χ3v) is 5.74. The molecule has 1 aromatic rings. The van der Waals surface area contributed by atoms with Crippen molar-refractivity contribution in [3.63, 3.8) is 0 Å². The van der Waals surface area contributed by atoms with Gasteiger partial charge in [-0.05, 0) is 60.1 Å². The standard InChI is InChI=1S/C14H22BrNS/c1-10-3-5-12(6-4-10)8-16-11(2)14-7-13(15)9-17-14/h7,9-12,16H,3-6,8H2,1-2H3. The Labute approximate surface area is 117 Å². The van der Waals surface area contributed by atoms with Gasteiger partial charge in [-0.2, -0.15) is 0 Å². The van der Waals surface area contributed by atoms with Crippen molar-refractivity contribution in [3.05, 3.63) is 20.8 Å². The Bertz CT molecular complexity index is 342. The molecule has 1 nitrogen and oxygen atoms in total. The van der Waals surface area contributed by atoms with Crippen LogP contribution in [-0.4, -0.2) is 6.54 Å². The number of hydrogen-bond acceptors (Lipinski definition) is 2. The summed E-state index contributed by atoms with van der Waals surface area (Å²) in [6, 6.07) is 2.72. The van der Waals surface area contributed by atoms with Gasteiger partial charge in [-0.15, -0.1) is 11.3 Å². The summed E-state index contributed by atoms with van der Waals surface area (Å²) in [5, 5.41) is 5.85. The van der Waals surface area contributed by atoms with Gasteiger partial charge >= 0.3 is 0 Å². The Morgan fingerprint density at radius 1 is 1.41 bits per heavy atom. The van der Waals surface area contributed by atoms with Crippen LogP contribution in [0.2, 0.25) is 0 Å². The van der Waals surface area contributed by atoms with E-state index in [2.05, 4.69) is 46.5 Å². The number of thiophene rings is 1. The maximum atomic E-state index is 3.69. The fourth-order valence-corrected chi connectivity index (χ4v) is 4.01. The molecule has 1 aliphatic carbocycles. The molecule has 3 heteroatoms. The summed E-state index contributed by atoms with van der Waals surface area (Å²) in [7, 11) is 0. The third-order valence-electron chi connectivity index (χ3n) is 3.86. The van der Waals surface area contributed by atoms with Crippen molar-refractivity contribution in [1.82, 2.24) is 5.32 Å². The van der Waals surface area contributed by atoms with E-state index >= 15 is 0 Å². The predicted molar refractivity (Wildman–Crippen MR) is 79.6 cm³/mol. The normalized spacial score (nSPS) is 27.0. The van der Waals surface area contributed by atoms with Gasteiger partial charge in [0.2, 0.25) is 0 Å². The van der Waals surface area contributed by atoms with Crippen LogP contribution in [0, 0.1) is 11.8 Å². The Morgan fingerprint density at radius 3 is 2.71 bits per heavy atom. The van der Waals surface area contributed by atoms with Gasteiger partial charge in [0.1, 0.15) is 0 Å². The van der Waals surface area contributed by atoms with E-state index in [0.717, 1.165) is 11.8 Å². The summed E-state index contributed by atoms with van der Waals surface area (Å²) in [5.41, 5.74) is 0. The van der Waals surface area contributed by atoms with Gasteiger partial charge in [-0.25, -0.2) is 0 Å². The second-order valence-corrected chi connectivity index (χ2v) is 7.28. The van der Waals surface area contributed by atoms with Gasteiger partial charge in [0, 0.05) is 20.8 Å². The highest BCUT2D eigenvalue weighted by Gasteiger charge is 2.18. The molecule has 17 heavy (non-hydrogen) atoms. The average molecular weight is 316 g/mol. The number of nitrogens with one attached hydrogen (secondary N) is 1. The zero-order chi connectivity index (χ0) is 12.3. The van der Waals surface area contributed by atoms with Crippen LogP contribution in [0.25, 0.3) is 0 Å². The summed E-state index contributed by atoms with van der Waals surface area (Å²) in [6.07, 6.45) is 5.67. The van der Waals surface area contributed by atoms with Crippen LogP contribution in [0.15, 0.2) is 15.9 Å². The van der Waals surface area contributed by atoms with Gasteiger partial charge in [-0.3, -0.25) is 0 Å². The van der Waals surface area contributed by atoms with Gasteiger partial charge in [0.05, 0.1) is 0 Å². The first-order chi connectivity index (χ1) is 8.15. The summed E-state index contributed by atoms with van der Waals surface area (Å²) < 4.78 is 1.21. The molecular weight excluding hydrogens is 294 g/mol. The molecule has 0 bridgehead atoms. The molecule has 1 N–H and O–H groups in total. The minimum Gasteiger partial charge on any atom is -0.309 e. The van der Waals surface area contributed by atoms with Gasteiger partial charge in [0.25, 0.3) is 0 Å². The summed E-state index contributed by atoms with van der Waals surface area (Å²) in [5.74, 6) is 1.86. The van der Waals surface area contributed by atoms with E-state index in [-0.39, 0.29) is 0 Å². The molecule has 1 atom stereocenters. The molecule has 0 radical (unpaired) electrons. The SMILES string of the molecule is CC1CCC(CNC(C)c2cc(Br)cs2)CC1. The van der Waals surface area contributed by atoms with E-state index in [4.69, 9.17) is 0 Å². The van der Waals surface area contributed by atoms with Crippen molar-refractivity contribution in [2.24, 2.45) is 11.8 Å². The lowest BCUT2D eigenvalue weighted by Gasteiger charge is -2.27. The van der Waals surface area contributed by atoms with E-state index in [1.165, 1.54) is 41.6 Å². The van der Waals surface area contributed by atoms with E-state index in [9.17, 15) is 0 Å². The van der Waals surface area contributed by atoms with E-state index in [1.54, 1.807) is 0 Å². The maximum Gasteiger partial charge on any atom is 0.0386 e. The monoisotopic (exact) mass is 315 g/mol. The summed E-state index contributed by atoms with van der Waals surface area (Å²) in [4.78, 5) is 1.43. The molecule has 1 aromatic heterocycles. The minimum atomic E-state index is 0.491. The molecule has 1 heterocycles. The van der Waals surface area contributed by atoms with Gasteiger partial charge < -0.3 is 5.32 Å². The number of halogens is 1. The van der Waals surface area contributed by atoms with Crippen LogP contribution in [0.3, 0.4) is 0 Å². The number of hydrogen-bond donors (Lipinski definition) is 1. The average Bonchev–Trinajstić information content (AvgIpc) is 2.75. The van der Waals surface area contributed by atoms with Gasteiger partial charge in [0.15, 0.2) is 0 Å². The van der Waals surface area contributed by atoms with E-state index < -0.39 is 0 Å². The van der Waals surface area contributed by atoms with Crippen LogP contribution in [0.4, 0.5) is 0 Å². The van der Waals surface area contributed by atoms with Crippen molar-refractivity contribution < 1.29 is 0 Å². The maximum absolute atomic E-state index is 3.69. The molecule has 1 unspecified atom stereocenters.